The molecular formula is C59H71ClFN9O11S. The first-order chi connectivity index (χ1) is 39.1. The number of thiazole rings is 1. The van der Waals surface area contributed by atoms with Crippen LogP contribution >= 0.6 is 22.9 Å². The second-order valence-electron chi connectivity index (χ2n) is 22.4. The van der Waals surface area contributed by atoms with Gasteiger partial charge in [0.05, 0.1) is 52.6 Å². The lowest BCUT2D eigenvalue weighted by Gasteiger charge is -2.36. The summed E-state index contributed by atoms with van der Waals surface area (Å²) >= 11 is 8.47. The molecule has 438 valence electrons. The van der Waals surface area contributed by atoms with E-state index >= 15 is 4.39 Å². The molecule has 20 nitrogen and oxygen atoms in total. The van der Waals surface area contributed by atoms with Crippen LogP contribution in [0.15, 0.2) is 72.2 Å². The van der Waals surface area contributed by atoms with E-state index in [1.165, 1.54) is 15.9 Å². The normalized spacial score (nSPS) is 18.5. The minimum absolute atomic E-state index is 0.0447. The molecule has 3 aliphatic heterocycles. The number of anilines is 1. The highest BCUT2D eigenvalue weighted by Crippen LogP contribution is 2.43. The fraction of sp³-hybridized carbons (Fsp3) is 0.475. The number of piperidine rings is 1. The molecule has 0 aliphatic carbocycles. The smallest absolute Gasteiger partial charge is 0.319 e. The molecule has 82 heavy (non-hydrogen) atoms. The zero-order chi connectivity index (χ0) is 58.6. The van der Waals surface area contributed by atoms with Crippen LogP contribution in [0.25, 0.3) is 43.2 Å². The van der Waals surface area contributed by atoms with E-state index in [0.717, 1.165) is 21.7 Å². The third-order valence-corrected chi connectivity index (χ3v) is 16.6. The predicted octanol–water partition coefficient (Wildman–Crippen LogP) is 5.97. The van der Waals surface area contributed by atoms with Gasteiger partial charge in [-0.25, -0.2) is 9.37 Å². The first kappa shape index (κ1) is 60.0. The quantitative estimate of drug-likeness (QED) is 0.0403. The van der Waals surface area contributed by atoms with Gasteiger partial charge in [0.25, 0.3) is 5.91 Å². The number of rotatable bonds is 19. The molecule has 0 radical (unpaired) electrons. The highest BCUT2D eigenvalue weighted by molar-refractivity contribution is 7.13. The molecule has 0 saturated carbocycles. The maximum absolute atomic E-state index is 17.2. The van der Waals surface area contributed by atoms with E-state index in [1.807, 2.05) is 95.0 Å². The largest absolute Gasteiger partial charge is 0.508 e. The number of aryl methyl sites for hydroxylation is 1. The van der Waals surface area contributed by atoms with Gasteiger partial charge in [0, 0.05) is 69.7 Å². The maximum atomic E-state index is 17.2. The molecular weight excluding hydrogens is 1100 g/mol. The fourth-order valence-corrected chi connectivity index (χ4v) is 12.1. The Morgan fingerprint density at radius 3 is 2.30 bits per heavy atom. The number of aliphatic hydroxyl groups is 3. The van der Waals surface area contributed by atoms with Gasteiger partial charge >= 0.3 is 6.01 Å². The van der Waals surface area contributed by atoms with E-state index < -0.39 is 65.4 Å². The monoisotopic (exact) mass is 1170 g/mol. The SMILES string of the molecule is Cc1ncsc1-c1ccc([C@H](C)NC(=O)[C@@H]2C[C@@H](O)CN2C(=O)[C@@H](NC(=O)COCCOC2CCN(C[C@@H](C)Oc3nc(N4CCN(C(=O)C(O)O)CC4)c4cc(Cl)c(-c5cc(O)cc6ccccc56)c(F)c4n3)CC2)C(C)(C)C)cc1. The van der Waals surface area contributed by atoms with Crippen molar-refractivity contribution in [3.8, 4) is 33.3 Å². The van der Waals surface area contributed by atoms with Gasteiger partial charge in [0.2, 0.25) is 24.0 Å². The van der Waals surface area contributed by atoms with E-state index in [0.29, 0.717) is 60.0 Å². The van der Waals surface area contributed by atoms with Gasteiger partial charge in [0.1, 0.15) is 41.9 Å². The molecule has 9 rings (SSSR count). The Hall–Kier alpha value is -6.63. The number of hydrogen-bond acceptors (Lipinski definition) is 17. The average molecular weight is 1170 g/mol. The van der Waals surface area contributed by atoms with Crippen molar-refractivity contribution in [2.24, 2.45) is 5.41 Å². The number of benzene rings is 4. The number of nitrogens with one attached hydrogen (secondary N) is 2. The topological polar surface area (TPSA) is 253 Å². The Morgan fingerprint density at radius 1 is 0.902 bits per heavy atom. The predicted molar refractivity (Wildman–Crippen MR) is 309 cm³/mol. The number of phenols is 1. The van der Waals surface area contributed by atoms with Gasteiger partial charge in [-0.05, 0) is 84.7 Å². The Labute approximate surface area is 484 Å². The van der Waals surface area contributed by atoms with Crippen LogP contribution in [0.5, 0.6) is 11.8 Å². The van der Waals surface area contributed by atoms with Gasteiger partial charge in [-0.2, -0.15) is 9.97 Å². The van der Waals surface area contributed by atoms with Crippen molar-refractivity contribution in [1.82, 2.24) is 40.3 Å². The number of aromatic nitrogens is 3. The van der Waals surface area contributed by atoms with Crippen molar-refractivity contribution in [2.45, 2.75) is 104 Å². The zero-order valence-electron chi connectivity index (χ0n) is 46.8. The minimum atomic E-state index is -2.14. The number of piperazine rings is 1. The van der Waals surface area contributed by atoms with Crippen LogP contribution in [0.1, 0.15) is 71.2 Å². The molecule has 5 atom stereocenters. The lowest BCUT2D eigenvalue weighted by atomic mass is 9.85. The number of aromatic hydroxyl groups is 1. The molecule has 4 amide bonds. The Bertz CT molecular complexity index is 3280. The van der Waals surface area contributed by atoms with Crippen molar-refractivity contribution < 1.29 is 58.2 Å². The number of fused-ring (bicyclic) bond motifs is 2. The molecule has 0 spiro atoms. The van der Waals surface area contributed by atoms with Gasteiger partial charge in [-0.15, -0.1) is 11.3 Å². The summed E-state index contributed by atoms with van der Waals surface area (Å²) in [5, 5.41) is 48.0. The minimum Gasteiger partial charge on any atom is -0.508 e. The number of carbonyl (C=O) groups is 4. The average Bonchev–Trinajstić information content (AvgIpc) is 2.44. The van der Waals surface area contributed by atoms with Crippen LogP contribution in [-0.2, 0) is 28.7 Å². The van der Waals surface area contributed by atoms with Crippen LogP contribution < -0.4 is 20.3 Å². The fourth-order valence-electron chi connectivity index (χ4n) is 11.0. The van der Waals surface area contributed by atoms with Crippen molar-refractivity contribution in [3.63, 3.8) is 0 Å². The lowest BCUT2D eigenvalue weighted by Crippen LogP contribution is -2.58. The van der Waals surface area contributed by atoms with Gasteiger partial charge in [-0.1, -0.05) is 80.9 Å². The van der Waals surface area contributed by atoms with Gasteiger partial charge in [-0.3, -0.25) is 24.1 Å². The lowest BCUT2D eigenvalue weighted by molar-refractivity contribution is -0.159. The summed E-state index contributed by atoms with van der Waals surface area (Å²) in [4.78, 5) is 75.2. The van der Waals surface area contributed by atoms with E-state index in [-0.39, 0.29) is 99.0 Å². The second-order valence-corrected chi connectivity index (χ2v) is 23.7. The summed E-state index contributed by atoms with van der Waals surface area (Å²) in [6.07, 6.45) is -2.08. The number of hydrogen-bond donors (Lipinski definition) is 6. The number of β-amino-alcohol motifs (C(OH)–C–C–N with tert-alkyl or cyclic N) is 1. The van der Waals surface area contributed by atoms with Crippen molar-refractivity contribution >= 4 is 74.1 Å². The molecule has 0 bridgehead atoms. The molecule has 6 N–H and O–H groups in total. The number of phenolic OH excluding ortho intramolecular Hbond substituents is 1. The molecule has 0 unspecified atom stereocenters. The van der Waals surface area contributed by atoms with Crippen molar-refractivity contribution in [1.29, 1.82) is 0 Å². The van der Waals surface area contributed by atoms with Crippen molar-refractivity contribution in [2.75, 3.05) is 77.1 Å². The number of likely N-dealkylation sites (tertiary alicyclic amines) is 2. The zero-order valence-corrected chi connectivity index (χ0v) is 48.4. The maximum Gasteiger partial charge on any atom is 0.319 e. The molecule has 4 aromatic carbocycles. The van der Waals surface area contributed by atoms with Crippen LogP contribution in [0.4, 0.5) is 10.2 Å². The van der Waals surface area contributed by atoms with E-state index in [2.05, 4.69) is 25.5 Å². The number of halogens is 2. The summed E-state index contributed by atoms with van der Waals surface area (Å²) in [6.45, 7) is 13.8. The molecule has 3 saturated heterocycles. The summed E-state index contributed by atoms with van der Waals surface area (Å²) in [5.74, 6) is -2.67. The molecule has 2 aromatic heterocycles. The highest BCUT2D eigenvalue weighted by Gasteiger charge is 2.45. The number of carbonyl (C=O) groups excluding carboxylic acids is 4. The Morgan fingerprint density at radius 2 is 1.62 bits per heavy atom. The number of nitrogens with zero attached hydrogens (tertiary/aromatic N) is 7. The highest BCUT2D eigenvalue weighted by atomic mass is 35.5. The van der Waals surface area contributed by atoms with Crippen LogP contribution in [0, 0.1) is 18.2 Å². The molecule has 6 aromatic rings. The number of ether oxygens (including phenoxy) is 3. The molecule has 23 heteroatoms. The van der Waals surface area contributed by atoms with Crippen LogP contribution in [0.2, 0.25) is 5.02 Å². The molecule has 3 aliphatic rings. The molecule has 5 heterocycles. The van der Waals surface area contributed by atoms with Gasteiger partial charge in [0.15, 0.2) is 5.82 Å². The summed E-state index contributed by atoms with van der Waals surface area (Å²) < 4.78 is 35.4. The third kappa shape index (κ3) is 13.9. The first-order valence-electron chi connectivity index (χ1n) is 27.6. The van der Waals surface area contributed by atoms with Gasteiger partial charge < -0.3 is 60.0 Å². The van der Waals surface area contributed by atoms with E-state index in [4.69, 9.17) is 30.8 Å². The number of aliphatic hydroxyl groups excluding tert-OH is 2. The van der Waals surface area contributed by atoms with Crippen LogP contribution in [-0.4, -0.2) is 183 Å². The van der Waals surface area contributed by atoms with E-state index in [9.17, 15) is 39.6 Å². The summed E-state index contributed by atoms with van der Waals surface area (Å²) in [5.41, 5.74) is 4.28. The summed E-state index contributed by atoms with van der Waals surface area (Å²) in [6, 6.07) is 17.4. The van der Waals surface area contributed by atoms with Crippen molar-refractivity contribution in [3.05, 3.63) is 94.3 Å². The molecule has 3 fully saturated rings. The first-order valence-corrected chi connectivity index (χ1v) is 28.9. The number of amides is 4. The third-order valence-electron chi connectivity index (χ3n) is 15.3. The van der Waals surface area contributed by atoms with Crippen LogP contribution in [0.3, 0.4) is 0 Å². The Kier molecular flexibility index (Phi) is 18.9. The second kappa shape index (κ2) is 25.9. The summed E-state index contributed by atoms with van der Waals surface area (Å²) in [7, 11) is 0. The standard InChI is InChI=1S/C59H71ClFN9O11S/c1-33(81-58-65-50-44(53(66-58)68-19-21-69(22-20-68)56(76)57(77)78)28-45(60)48(49(50)61)43-26-39(71)25-38-9-7-8-10-42(38)43)29-67-17-15-41(16-18-67)80-24-23-79-31-47(73)64-52(59(4,5)6)55(75)70-30-40(72)27-46(70)54(74)63-34(2)36-11-13-37(14-12-36)51-35(3)62-32-82-51/h7-14,25-26,28,32-34,40-41,46,52,57,71-72,77-78H,15-24,27,29-31H2,1-6H3,(H,63,74)(H,64,73)/t33-,34+,40-,46+,52-/m1/s1. The Balaban J connectivity index is 0.756. The van der Waals surface area contributed by atoms with E-state index in [1.54, 1.807) is 29.0 Å².